The number of aromatic nitrogens is 1. The zero-order valence-corrected chi connectivity index (χ0v) is 19.0. The topological polar surface area (TPSA) is 89.5 Å². The van der Waals surface area contributed by atoms with Gasteiger partial charge in [-0.3, -0.25) is 0 Å². The summed E-state index contributed by atoms with van der Waals surface area (Å²) < 4.78 is 32.6. The highest BCUT2D eigenvalue weighted by molar-refractivity contribution is 7.80. The zero-order chi connectivity index (χ0) is 24.2. The van der Waals surface area contributed by atoms with Gasteiger partial charge in [0.05, 0.1) is 25.4 Å². The largest absolute Gasteiger partial charge is 0.495 e. The summed E-state index contributed by atoms with van der Waals surface area (Å²) in [7, 11) is 1.51. The van der Waals surface area contributed by atoms with Crippen molar-refractivity contribution in [1.82, 2.24) is 10.3 Å². The number of nitrogens with one attached hydrogen (secondary N) is 3. The number of ether oxygens (including phenoxy) is 1. The number of hydrogen-bond donors (Lipinski definition) is 5. The third-order valence-corrected chi connectivity index (χ3v) is 5.68. The van der Waals surface area contributed by atoms with Crippen LogP contribution in [0, 0.1) is 11.6 Å². The summed E-state index contributed by atoms with van der Waals surface area (Å²) in [5, 5.41) is 27.1. The van der Waals surface area contributed by atoms with Gasteiger partial charge in [-0.05, 0) is 48.1 Å². The number of aliphatic hydroxyl groups is 2. The van der Waals surface area contributed by atoms with Crippen LogP contribution in [0.25, 0.3) is 22.2 Å². The van der Waals surface area contributed by atoms with E-state index in [2.05, 4.69) is 15.6 Å². The standard InChI is InChI=1S/C25H23F2N3O3S/c1-33-23-8-7-15(19-11-16-9-17(26)18(27)12-20(16)28-19)10-21(23)29-25(34)30-22(13-31)24(32)14-5-3-2-4-6-14/h2-12,22,24,28,31-32H,13H2,1H3,(H2,29,30,34)/t22-,24+/m0/s1. The Hall–Kier alpha value is -3.53. The molecule has 0 amide bonds. The van der Waals surface area contributed by atoms with E-state index in [0.717, 1.165) is 17.7 Å². The van der Waals surface area contributed by atoms with Crippen LogP contribution < -0.4 is 15.4 Å². The third kappa shape index (κ3) is 5.01. The number of anilines is 1. The van der Waals surface area contributed by atoms with E-state index in [4.69, 9.17) is 17.0 Å². The van der Waals surface area contributed by atoms with Gasteiger partial charge in [0, 0.05) is 28.2 Å². The minimum atomic E-state index is -0.980. The number of benzene rings is 3. The fraction of sp³-hybridized carbons (Fsp3) is 0.160. The number of H-pyrrole nitrogens is 1. The molecule has 9 heteroatoms. The number of aromatic amines is 1. The van der Waals surface area contributed by atoms with E-state index >= 15 is 0 Å². The lowest BCUT2D eigenvalue weighted by Gasteiger charge is -2.24. The first-order chi connectivity index (χ1) is 16.4. The summed E-state index contributed by atoms with van der Waals surface area (Å²) in [6, 6.07) is 17.5. The molecule has 4 aromatic rings. The van der Waals surface area contributed by atoms with Crippen LogP contribution in [0.2, 0.25) is 0 Å². The average Bonchev–Trinajstić information content (AvgIpc) is 3.25. The van der Waals surface area contributed by atoms with E-state index in [1.54, 1.807) is 48.5 Å². The van der Waals surface area contributed by atoms with Gasteiger partial charge in [-0.2, -0.15) is 0 Å². The molecule has 0 fully saturated rings. The maximum Gasteiger partial charge on any atom is 0.171 e. The monoisotopic (exact) mass is 483 g/mol. The van der Waals surface area contributed by atoms with Gasteiger partial charge in [0.1, 0.15) is 11.9 Å². The summed E-state index contributed by atoms with van der Waals surface area (Å²) in [5.41, 5.74) is 3.02. The number of methoxy groups -OCH3 is 1. The van der Waals surface area contributed by atoms with Crippen LogP contribution in [-0.2, 0) is 0 Å². The van der Waals surface area contributed by atoms with Crippen LogP contribution in [0.3, 0.4) is 0 Å². The molecule has 6 nitrogen and oxygen atoms in total. The molecule has 2 atom stereocenters. The molecule has 0 radical (unpaired) electrons. The van der Waals surface area contributed by atoms with Crippen molar-refractivity contribution in [2.24, 2.45) is 0 Å². The van der Waals surface area contributed by atoms with Crippen LogP contribution in [0.4, 0.5) is 14.5 Å². The molecule has 176 valence electrons. The molecular formula is C25H23F2N3O3S. The van der Waals surface area contributed by atoms with E-state index in [9.17, 15) is 19.0 Å². The lowest BCUT2D eigenvalue weighted by atomic mass is 10.0. The van der Waals surface area contributed by atoms with Gasteiger partial charge in [-0.15, -0.1) is 0 Å². The SMILES string of the molecule is COc1ccc(-c2cc3cc(F)c(F)cc3[nH]2)cc1NC(=S)N[C@@H](CO)[C@H](O)c1ccccc1. The molecular weight excluding hydrogens is 460 g/mol. The van der Waals surface area contributed by atoms with Gasteiger partial charge in [-0.25, -0.2) is 8.78 Å². The molecule has 3 aromatic carbocycles. The van der Waals surface area contributed by atoms with E-state index in [-0.39, 0.29) is 11.7 Å². The smallest absolute Gasteiger partial charge is 0.171 e. The van der Waals surface area contributed by atoms with Gasteiger partial charge >= 0.3 is 0 Å². The number of hydrogen-bond acceptors (Lipinski definition) is 4. The fourth-order valence-electron chi connectivity index (χ4n) is 3.69. The minimum Gasteiger partial charge on any atom is -0.495 e. The van der Waals surface area contributed by atoms with Gasteiger partial charge in [0.2, 0.25) is 0 Å². The molecule has 34 heavy (non-hydrogen) atoms. The fourth-order valence-corrected chi connectivity index (χ4v) is 3.95. The van der Waals surface area contributed by atoms with Crippen molar-refractivity contribution < 1.29 is 23.7 Å². The molecule has 5 N–H and O–H groups in total. The lowest BCUT2D eigenvalue weighted by Crippen LogP contribution is -2.43. The number of fused-ring (bicyclic) bond motifs is 1. The van der Waals surface area contributed by atoms with Crippen LogP contribution in [0.15, 0.2) is 66.7 Å². The van der Waals surface area contributed by atoms with Gasteiger partial charge in [0.15, 0.2) is 16.7 Å². The number of rotatable bonds is 7. The van der Waals surface area contributed by atoms with E-state index in [1.807, 2.05) is 6.07 Å². The van der Waals surface area contributed by atoms with Gasteiger partial charge < -0.3 is 30.6 Å². The molecule has 0 aliphatic rings. The maximum absolute atomic E-state index is 13.6. The van der Waals surface area contributed by atoms with Crippen LogP contribution in [0.5, 0.6) is 5.75 Å². The van der Waals surface area contributed by atoms with Crippen molar-refractivity contribution in [2.75, 3.05) is 19.0 Å². The van der Waals surface area contributed by atoms with Gasteiger partial charge in [-0.1, -0.05) is 30.3 Å². The Kier molecular flexibility index (Phi) is 7.06. The molecule has 1 heterocycles. The van der Waals surface area contributed by atoms with E-state index in [1.165, 1.54) is 7.11 Å². The summed E-state index contributed by atoms with van der Waals surface area (Å²) in [6.45, 7) is -0.350. The van der Waals surface area contributed by atoms with Crippen molar-refractivity contribution in [3.8, 4) is 17.0 Å². The first-order valence-electron chi connectivity index (χ1n) is 10.5. The summed E-state index contributed by atoms with van der Waals surface area (Å²) in [4.78, 5) is 3.08. The first kappa shape index (κ1) is 23.6. The summed E-state index contributed by atoms with van der Waals surface area (Å²) in [5.74, 6) is -1.33. The molecule has 0 spiro atoms. The molecule has 0 aliphatic carbocycles. The Bertz CT molecular complexity index is 1270. The number of thiocarbonyl (C=S) groups is 1. The minimum absolute atomic E-state index is 0.172. The van der Waals surface area contributed by atoms with Crippen molar-refractivity contribution in [3.05, 3.63) is 83.9 Å². The Morgan fingerprint density at radius 3 is 2.50 bits per heavy atom. The highest BCUT2D eigenvalue weighted by Crippen LogP contribution is 2.32. The Labute approximate surface area is 200 Å². The van der Waals surface area contributed by atoms with Crippen LogP contribution in [-0.4, -0.2) is 40.1 Å². The highest BCUT2D eigenvalue weighted by atomic mass is 32.1. The third-order valence-electron chi connectivity index (χ3n) is 5.46. The second-order valence-corrected chi connectivity index (χ2v) is 8.10. The molecule has 0 unspecified atom stereocenters. The quantitative estimate of drug-likeness (QED) is 0.249. The summed E-state index contributed by atoms with van der Waals surface area (Å²) in [6.07, 6.45) is -0.980. The molecule has 0 saturated carbocycles. The molecule has 1 aromatic heterocycles. The Balaban J connectivity index is 1.55. The first-order valence-corrected chi connectivity index (χ1v) is 10.9. The molecule has 0 bridgehead atoms. The average molecular weight is 484 g/mol. The van der Waals surface area contributed by atoms with Crippen molar-refractivity contribution in [3.63, 3.8) is 0 Å². The predicted octanol–water partition coefficient (Wildman–Crippen LogP) is 4.50. The normalized spacial score (nSPS) is 12.9. The zero-order valence-electron chi connectivity index (χ0n) is 18.2. The second kappa shape index (κ2) is 10.2. The Morgan fingerprint density at radius 2 is 1.79 bits per heavy atom. The van der Waals surface area contributed by atoms with Gasteiger partial charge in [0.25, 0.3) is 0 Å². The predicted molar refractivity (Wildman–Crippen MR) is 132 cm³/mol. The number of halogens is 2. The van der Waals surface area contributed by atoms with Crippen molar-refractivity contribution >= 4 is 33.9 Å². The van der Waals surface area contributed by atoms with Crippen molar-refractivity contribution in [1.29, 1.82) is 0 Å². The van der Waals surface area contributed by atoms with Crippen LogP contribution >= 0.6 is 12.2 Å². The van der Waals surface area contributed by atoms with E-state index in [0.29, 0.717) is 33.6 Å². The lowest BCUT2D eigenvalue weighted by molar-refractivity contribution is 0.100. The molecule has 4 rings (SSSR count). The Morgan fingerprint density at radius 1 is 1.06 bits per heavy atom. The summed E-state index contributed by atoms with van der Waals surface area (Å²) >= 11 is 5.41. The van der Waals surface area contributed by atoms with E-state index < -0.39 is 23.8 Å². The van der Waals surface area contributed by atoms with Crippen molar-refractivity contribution in [2.45, 2.75) is 12.1 Å². The number of aliphatic hydroxyl groups excluding tert-OH is 2. The highest BCUT2D eigenvalue weighted by Gasteiger charge is 2.21. The van der Waals surface area contributed by atoms with Crippen LogP contribution in [0.1, 0.15) is 11.7 Å². The molecule has 0 aliphatic heterocycles. The molecule has 0 saturated heterocycles. The maximum atomic E-state index is 13.6. The second-order valence-electron chi connectivity index (χ2n) is 7.69.